The third-order valence-electron chi connectivity index (χ3n) is 4.84. The molecule has 0 aromatic rings. The van der Waals surface area contributed by atoms with Gasteiger partial charge in [0, 0.05) is 25.2 Å². The molecule has 0 aromatic heterocycles. The van der Waals surface area contributed by atoms with Crippen LogP contribution < -0.4 is 10.6 Å². The molecular formula is C16H31N3O. The fourth-order valence-corrected chi connectivity index (χ4v) is 3.40. The monoisotopic (exact) mass is 281 g/mol. The smallest absolute Gasteiger partial charge is 0.237 e. The highest BCUT2D eigenvalue weighted by Crippen LogP contribution is 2.19. The van der Waals surface area contributed by atoms with Crippen molar-refractivity contribution >= 4 is 5.91 Å². The van der Waals surface area contributed by atoms with Gasteiger partial charge in [0.2, 0.25) is 5.91 Å². The van der Waals surface area contributed by atoms with Crippen LogP contribution in [0.15, 0.2) is 0 Å². The molecule has 4 heteroatoms. The summed E-state index contributed by atoms with van der Waals surface area (Å²) in [6.45, 7) is 7.46. The zero-order valence-electron chi connectivity index (χ0n) is 13.2. The Balaban J connectivity index is 1.70. The quantitative estimate of drug-likeness (QED) is 0.781. The molecular weight excluding hydrogens is 250 g/mol. The molecule has 0 radical (unpaired) electrons. The molecule has 4 nitrogen and oxygen atoms in total. The number of carbonyl (C=O) groups excluding carboxylic acids is 1. The van der Waals surface area contributed by atoms with Crippen LogP contribution in [0.3, 0.4) is 0 Å². The Morgan fingerprint density at radius 1 is 1.15 bits per heavy atom. The number of amides is 1. The minimum absolute atomic E-state index is 0.0303. The van der Waals surface area contributed by atoms with Crippen molar-refractivity contribution in [1.82, 2.24) is 15.5 Å². The van der Waals surface area contributed by atoms with Gasteiger partial charge >= 0.3 is 0 Å². The standard InChI is InChI=1S/C16H31N3O/c1-3-10-17-14-8-11-19(12-9-14)13(2)16(20)18-15-6-4-5-7-15/h13-15,17H,3-12H2,1-2H3,(H,18,20). The van der Waals surface area contributed by atoms with E-state index in [1.807, 2.05) is 0 Å². The lowest BCUT2D eigenvalue weighted by atomic mass is 10.0. The lowest BCUT2D eigenvalue weighted by Gasteiger charge is -2.36. The summed E-state index contributed by atoms with van der Waals surface area (Å²) in [5.41, 5.74) is 0. The van der Waals surface area contributed by atoms with Crippen LogP contribution in [0.5, 0.6) is 0 Å². The molecule has 2 fully saturated rings. The van der Waals surface area contributed by atoms with Crippen molar-refractivity contribution < 1.29 is 4.79 Å². The molecule has 1 aliphatic heterocycles. The molecule has 1 atom stereocenters. The topological polar surface area (TPSA) is 44.4 Å². The number of hydrogen-bond acceptors (Lipinski definition) is 3. The maximum absolute atomic E-state index is 12.3. The minimum atomic E-state index is 0.0303. The number of likely N-dealkylation sites (tertiary alicyclic amines) is 1. The van der Waals surface area contributed by atoms with Gasteiger partial charge in [-0.05, 0) is 45.6 Å². The highest BCUT2D eigenvalue weighted by Gasteiger charge is 2.28. The zero-order chi connectivity index (χ0) is 14.4. The molecule has 2 aliphatic rings. The number of carbonyl (C=O) groups is 1. The van der Waals surface area contributed by atoms with Crippen LogP contribution in [0.2, 0.25) is 0 Å². The van der Waals surface area contributed by atoms with Gasteiger partial charge in [-0.2, -0.15) is 0 Å². The van der Waals surface area contributed by atoms with Gasteiger partial charge in [-0.25, -0.2) is 0 Å². The second kappa shape index (κ2) is 7.99. The first-order valence-electron chi connectivity index (χ1n) is 8.48. The molecule has 2 rings (SSSR count). The summed E-state index contributed by atoms with van der Waals surface area (Å²) in [4.78, 5) is 14.6. The molecule has 116 valence electrons. The highest BCUT2D eigenvalue weighted by atomic mass is 16.2. The molecule has 1 saturated heterocycles. The first-order chi connectivity index (χ1) is 9.70. The zero-order valence-corrected chi connectivity index (χ0v) is 13.2. The lowest BCUT2D eigenvalue weighted by molar-refractivity contribution is -0.127. The summed E-state index contributed by atoms with van der Waals surface area (Å²) in [7, 11) is 0. The number of piperidine rings is 1. The van der Waals surface area contributed by atoms with Crippen molar-refractivity contribution in [3.8, 4) is 0 Å². The van der Waals surface area contributed by atoms with E-state index in [4.69, 9.17) is 0 Å². The fourth-order valence-electron chi connectivity index (χ4n) is 3.40. The normalized spacial score (nSPS) is 23.9. The third kappa shape index (κ3) is 4.45. The molecule has 20 heavy (non-hydrogen) atoms. The Morgan fingerprint density at radius 2 is 1.80 bits per heavy atom. The second-order valence-corrected chi connectivity index (χ2v) is 6.43. The third-order valence-corrected chi connectivity index (χ3v) is 4.84. The van der Waals surface area contributed by atoms with Gasteiger partial charge in [0.05, 0.1) is 6.04 Å². The predicted molar refractivity (Wildman–Crippen MR) is 82.7 cm³/mol. The molecule has 0 bridgehead atoms. The molecule has 1 aliphatic carbocycles. The summed E-state index contributed by atoms with van der Waals surface area (Å²) < 4.78 is 0. The number of rotatable bonds is 6. The minimum Gasteiger partial charge on any atom is -0.352 e. The van der Waals surface area contributed by atoms with E-state index >= 15 is 0 Å². The molecule has 2 N–H and O–H groups in total. The molecule has 1 saturated carbocycles. The van der Waals surface area contributed by atoms with Crippen molar-refractivity contribution in [3.63, 3.8) is 0 Å². The van der Waals surface area contributed by atoms with Crippen LogP contribution in [0.1, 0.15) is 58.8 Å². The van der Waals surface area contributed by atoms with Gasteiger partial charge in [-0.15, -0.1) is 0 Å². The van der Waals surface area contributed by atoms with Gasteiger partial charge in [-0.3, -0.25) is 9.69 Å². The fraction of sp³-hybridized carbons (Fsp3) is 0.938. The summed E-state index contributed by atoms with van der Waals surface area (Å²) in [5.74, 6) is 0.233. The summed E-state index contributed by atoms with van der Waals surface area (Å²) in [6, 6.07) is 1.12. The van der Waals surface area contributed by atoms with Crippen LogP contribution in [0.25, 0.3) is 0 Å². The number of nitrogens with one attached hydrogen (secondary N) is 2. The summed E-state index contributed by atoms with van der Waals surface area (Å²) >= 11 is 0. The highest BCUT2D eigenvalue weighted by molar-refractivity contribution is 5.81. The largest absolute Gasteiger partial charge is 0.352 e. The Bertz CT molecular complexity index is 294. The predicted octanol–water partition coefficient (Wildman–Crippen LogP) is 1.90. The van der Waals surface area contributed by atoms with E-state index in [9.17, 15) is 4.79 Å². The van der Waals surface area contributed by atoms with Crippen LogP contribution in [0.4, 0.5) is 0 Å². The van der Waals surface area contributed by atoms with E-state index in [-0.39, 0.29) is 11.9 Å². The van der Waals surface area contributed by atoms with Crippen LogP contribution in [-0.2, 0) is 4.79 Å². The molecule has 1 unspecified atom stereocenters. The summed E-state index contributed by atoms with van der Waals surface area (Å²) in [6.07, 6.45) is 8.41. The van der Waals surface area contributed by atoms with Gasteiger partial charge in [0.25, 0.3) is 0 Å². The SMILES string of the molecule is CCCNC1CCN(C(C)C(=O)NC2CCCC2)CC1. The number of hydrogen-bond donors (Lipinski definition) is 2. The van der Waals surface area contributed by atoms with E-state index in [0.29, 0.717) is 12.1 Å². The van der Waals surface area contributed by atoms with Gasteiger partial charge in [0.1, 0.15) is 0 Å². The first-order valence-corrected chi connectivity index (χ1v) is 8.48. The molecule has 1 amide bonds. The van der Waals surface area contributed by atoms with Crippen molar-refractivity contribution in [2.24, 2.45) is 0 Å². The van der Waals surface area contributed by atoms with Gasteiger partial charge in [-0.1, -0.05) is 19.8 Å². The summed E-state index contributed by atoms with van der Waals surface area (Å²) in [5, 5.41) is 6.82. The average molecular weight is 281 g/mol. The lowest BCUT2D eigenvalue weighted by Crippen LogP contribution is -2.52. The molecule has 1 heterocycles. The van der Waals surface area contributed by atoms with E-state index in [2.05, 4.69) is 29.4 Å². The number of nitrogens with zero attached hydrogens (tertiary/aromatic N) is 1. The van der Waals surface area contributed by atoms with E-state index < -0.39 is 0 Å². The van der Waals surface area contributed by atoms with Crippen LogP contribution in [-0.4, -0.2) is 48.6 Å². The Labute approximate surface area is 123 Å². The Morgan fingerprint density at radius 3 is 2.40 bits per heavy atom. The van der Waals surface area contributed by atoms with Gasteiger partial charge in [0.15, 0.2) is 0 Å². The van der Waals surface area contributed by atoms with Crippen molar-refractivity contribution in [3.05, 3.63) is 0 Å². The molecule has 0 spiro atoms. The molecule has 0 aromatic carbocycles. The first kappa shape index (κ1) is 15.8. The van der Waals surface area contributed by atoms with E-state index in [1.165, 1.54) is 44.9 Å². The maximum atomic E-state index is 12.3. The van der Waals surface area contributed by atoms with Crippen molar-refractivity contribution in [2.45, 2.75) is 76.9 Å². The van der Waals surface area contributed by atoms with Crippen molar-refractivity contribution in [1.29, 1.82) is 0 Å². The Kier molecular flexibility index (Phi) is 6.30. The van der Waals surface area contributed by atoms with Crippen molar-refractivity contribution in [2.75, 3.05) is 19.6 Å². The van der Waals surface area contributed by atoms with Crippen LogP contribution in [0, 0.1) is 0 Å². The maximum Gasteiger partial charge on any atom is 0.237 e. The van der Waals surface area contributed by atoms with Crippen LogP contribution >= 0.6 is 0 Å². The van der Waals surface area contributed by atoms with E-state index in [0.717, 1.165) is 19.6 Å². The average Bonchev–Trinajstić information content (AvgIpc) is 2.97. The Hall–Kier alpha value is -0.610. The van der Waals surface area contributed by atoms with Gasteiger partial charge < -0.3 is 10.6 Å². The second-order valence-electron chi connectivity index (χ2n) is 6.43. The van der Waals surface area contributed by atoms with E-state index in [1.54, 1.807) is 0 Å².